The van der Waals surface area contributed by atoms with Crippen molar-refractivity contribution in [2.45, 2.75) is 33.6 Å². The molecule has 2 rings (SSSR count). The number of Topliss-reactive ketones (excluding diaryl/α,β-unsaturated/α-hetero) is 1. The van der Waals surface area contributed by atoms with Crippen LogP contribution in [0.4, 0.5) is 0 Å². The topological polar surface area (TPSA) is 73.2 Å². The average Bonchev–Trinajstić information content (AvgIpc) is 2.80. The lowest BCUT2D eigenvalue weighted by atomic mass is 10.0. The number of benzene rings is 1. The van der Waals surface area contributed by atoms with Crippen molar-refractivity contribution in [3.63, 3.8) is 0 Å². The normalized spacial score (nSPS) is 10.6. The Balaban J connectivity index is 1.98. The van der Waals surface area contributed by atoms with Crippen LogP contribution in [0.3, 0.4) is 0 Å². The number of ketones is 1. The number of aryl methyl sites for hydroxylation is 2. The first-order chi connectivity index (χ1) is 11.8. The number of nitrogens with zero attached hydrogens (tertiary/aromatic N) is 2. The summed E-state index contributed by atoms with van der Waals surface area (Å²) in [5, 5.41) is 7.31. The molecule has 0 fully saturated rings. The van der Waals surface area contributed by atoms with E-state index >= 15 is 0 Å². The average molecular weight is 343 g/mol. The predicted molar refractivity (Wildman–Crippen MR) is 96.1 cm³/mol. The second kappa shape index (κ2) is 7.96. The molecule has 1 aromatic carbocycles. The van der Waals surface area contributed by atoms with Crippen LogP contribution >= 0.6 is 0 Å². The number of hydrogen-bond donors (Lipinski definition) is 1. The molecule has 2 aromatic rings. The van der Waals surface area contributed by atoms with Gasteiger partial charge in [-0.2, -0.15) is 5.10 Å². The molecule has 0 saturated carbocycles. The minimum atomic E-state index is -0.0989. The zero-order valence-electron chi connectivity index (χ0n) is 15.5. The molecule has 25 heavy (non-hydrogen) atoms. The first-order valence-electron chi connectivity index (χ1n) is 8.27. The summed E-state index contributed by atoms with van der Waals surface area (Å²) in [5.74, 6) is 0.476. The summed E-state index contributed by atoms with van der Waals surface area (Å²) < 4.78 is 7.14. The van der Waals surface area contributed by atoms with Gasteiger partial charge >= 0.3 is 0 Å². The Kier molecular flexibility index (Phi) is 5.96. The van der Waals surface area contributed by atoms with E-state index in [1.165, 1.54) is 12.5 Å². The Morgan fingerprint density at radius 2 is 2.00 bits per heavy atom. The van der Waals surface area contributed by atoms with Gasteiger partial charge in [-0.15, -0.1) is 0 Å². The minimum absolute atomic E-state index is 0.0353. The zero-order chi connectivity index (χ0) is 18.6. The van der Waals surface area contributed by atoms with E-state index in [-0.39, 0.29) is 18.1 Å². The van der Waals surface area contributed by atoms with Crippen LogP contribution < -0.4 is 10.1 Å². The van der Waals surface area contributed by atoms with Crippen molar-refractivity contribution in [1.29, 1.82) is 0 Å². The van der Waals surface area contributed by atoms with Crippen LogP contribution in [0, 0.1) is 13.8 Å². The quantitative estimate of drug-likeness (QED) is 0.782. The van der Waals surface area contributed by atoms with Crippen LogP contribution in [0.2, 0.25) is 0 Å². The number of carbonyl (C=O) groups is 2. The third-order valence-corrected chi connectivity index (χ3v) is 4.39. The van der Waals surface area contributed by atoms with E-state index < -0.39 is 0 Å². The lowest BCUT2D eigenvalue weighted by Crippen LogP contribution is -2.27. The monoisotopic (exact) mass is 343 g/mol. The summed E-state index contributed by atoms with van der Waals surface area (Å²) in [5.41, 5.74) is 4.55. The summed E-state index contributed by atoms with van der Waals surface area (Å²) in [7, 11) is 3.47. The van der Waals surface area contributed by atoms with Crippen molar-refractivity contribution in [2.75, 3.05) is 13.7 Å². The SMILES string of the molecule is COc1ccc(C(C)=O)cc1CC(=O)NCCc1c(C)nn(C)c1C. The van der Waals surface area contributed by atoms with E-state index in [9.17, 15) is 9.59 Å². The maximum atomic E-state index is 12.3. The molecule has 0 aliphatic carbocycles. The van der Waals surface area contributed by atoms with Crippen molar-refractivity contribution in [3.8, 4) is 5.75 Å². The van der Waals surface area contributed by atoms with Gasteiger partial charge in [0.1, 0.15) is 5.75 Å². The summed E-state index contributed by atoms with van der Waals surface area (Å²) in [4.78, 5) is 23.8. The van der Waals surface area contributed by atoms with E-state index in [1.807, 2.05) is 25.6 Å². The van der Waals surface area contributed by atoms with Gasteiger partial charge in [0.25, 0.3) is 0 Å². The number of carbonyl (C=O) groups excluding carboxylic acids is 2. The molecule has 0 saturated heterocycles. The number of ether oxygens (including phenoxy) is 1. The van der Waals surface area contributed by atoms with E-state index in [0.717, 1.165) is 17.8 Å². The van der Waals surface area contributed by atoms with Gasteiger partial charge in [0.05, 0.1) is 19.2 Å². The van der Waals surface area contributed by atoms with E-state index in [4.69, 9.17) is 4.74 Å². The number of nitrogens with one attached hydrogen (secondary N) is 1. The molecule has 0 unspecified atom stereocenters. The fourth-order valence-electron chi connectivity index (χ4n) is 2.88. The van der Waals surface area contributed by atoms with Crippen molar-refractivity contribution in [1.82, 2.24) is 15.1 Å². The first-order valence-corrected chi connectivity index (χ1v) is 8.27. The molecule has 1 amide bonds. The highest BCUT2D eigenvalue weighted by atomic mass is 16.5. The molecule has 134 valence electrons. The second-order valence-corrected chi connectivity index (χ2v) is 6.13. The summed E-state index contributed by atoms with van der Waals surface area (Å²) >= 11 is 0. The molecule has 1 N–H and O–H groups in total. The first kappa shape index (κ1) is 18.7. The van der Waals surface area contributed by atoms with Gasteiger partial charge in [-0.05, 0) is 51.0 Å². The van der Waals surface area contributed by atoms with Gasteiger partial charge < -0.3 is 10.1 Å². The highest BCUT2D eigenvalue weighted by molar-refractivity contribution is 5.94. The summed E-state index contributed by atoms with van der Waals surface area (Å²) in [6.07, 6.45) is 0.914. The third kappa shape index (κ3) is 4.47. The highest BCUT2D eigenvalue weighted by Gasteiger charge is 2.13. The molecule has 1 heterocycles. The van der Waals surface area contributed by atoms with Crippen LogP contribution in [0.5, 0.6) is 5.75 Å². The standard InChI is InChI=1S/C19H25N3O3/c1-12-17(13(2)22(4)21-12)8-9-20-19(24)11-16-10-15(14(3)23)6-7-18(16)25-5/h6-7,10H,8-9,11H2,1-5H3,(H,20,24). The lowest BCUT2D eigenvalue weighted by molar-refractivity contribution is -0.120. The Labute approximate surface area is 148 Å². The van der Waals surface area contributed by atoms with Crippen LogP contribution in [0.1, 0.15) is 39.8 Å². The molecular formula is C19H25N3O3. The number of aromatic nitrogens is 2. The smallest absolute Gasteiger partial charge is 0.224 e. The molecule has 0 radical (unpaired) electrons. The van der Waals surface area contributed by atoms with Crippen molar-refractivity contribution >= 4 is 11.7 Å². The molecule has 0 spiro atoms. The van der Waals surface area contributed by atoms with Crippen molar-refractivity contribution in [2.24, 2.45) is 7.05 Å². The molecule has 6 heteroatoms. The zero-order valence-corrected chi connectivity index (χ0v) is 15.5. The van der Waals surface area contributed by atoms with Crippen molar-refractivity contribution in [3.05, 3.63) is 46.3 Å². The molecule has 0 aliphatic rings. The Morgan fingerprint density at radius 1 is 1.28 bits per heavy atom. The van der Waals surface area contributed by atoms with E-state index in [0.29, 0.717) is 23.4 Å². The fourth-order valence-corrected chi connectivity index (χ4v) is 2.88. The number of amides is 1. The highest BCUT2D eigenvalue weighted by Crippen LogP contribution is 2.21. The third-order valence-electron chi connectivity index (χ3n) is 4.39. The summed E-state index contributed by atoms with van der Waals surface area (Å²) in [6, 6.07) is 5.15. The Bertz CT molecular complexity index is 793. The van der Waals surface area contributed by atoms with Gasteiger partial charge in [0.15, 0.2) is 5.78 Å². The maximum absolute atomic E-state index is 12.3. The number of rotatable bonds is 7. The van der Waals surface area contributed by atoms with Crippen LogP contribution in [-0.2, 0) is 24.7 Å². The van der Waals surface area contributed by atoms with Gasteiger partial charge in [0, 0.05) is 30.4 Å². The van der Waals surface area contributed by atoms with Gasteiger partial charge in [0.2, 0.25) is 5.91 Å². The minimum Gasteiger partial charge on any atom is -0.496 e. The largest absolute Gasteiger partial charge is 0.496 e. The molecule has 6 nitrogen and oxygen atoms in total. The number of hydrogen-bond acceptors (Lipinski definition) is 4. The lowest BCUT2D eigenvalue weighted by Gasteiger charge is -2.10. The second-order valence-electron chi connectivity index (χ2n) is 6.13. The molecule has 0 bridgehead atoms. The summed E-state index contributed by atoms with van der Waals surface area (Å²) in [6.45, 7) is 6.04. The Morgan fingerprint density at radius 3 is 2.56 bits per heavy atom. The van der Waals surface area contributed by atoms with E-state index in [1.54, 1.807) is 25.3 Å². The Hall–Kier alpha value is -2.63. The van der Waals surface area contributed by atoms with Crippen molar-refractivity contribution < 1.29 is 14.3 Å². The van der Waals surface area contributed by atoms with Crippen LogP contribution in [0.25, 0.3) is 0 Å². The van der Waals surface area contributed by atoms with Gasteiger partial charge in [-0.3, -0.25) is 14.3 Å². The van der Waals surface area contributed by atoms with Crippen LogP contribution in [-0.4, -0.2) is 35.1 Å². The number of methoxy groups -OCH3 is 1. The van der Waals surface area contributed by atoms with E-state index in [2.05, 4.69) is 10.4 Å². The maximum Gasteiger partial charge on any atom is 0.224 e. The predicted octanol–water partition coefficient (Wildman–Crippen LogP) is 2.15. The van der Waals surface area contributed by atoms with Crippen LogP contribution in [0.15, 0.2) is 18.2 Å². The van der Waals surface area contributed by atoms with Gasteiger partial charge in [-0.25, -0.2) is 0 Å². The van der Waals surface area contributed by atoms with Gasteiger partial charge in [-0.1, -0.05) is 0 Å². The molecule has 0 aliphatic heterocycles. The molecular weight excluding hydrogens is 318 g/mol. The molecule has 0 atom stereocenters. The fraction of sp³-hybridized carbons (Fsp3) is 0.421. The molecule has 1 aromatic heterocycles.